The van der Waals surface area contributed by atoms with Gasteiger partial charge in [0.15, 0.2) is 5.15 Å². The number of aryl methyl sites for hydroxylation is 1. The molecule has 0 radical (unpaired) electrons. The van der Waals surface area contributed by atoms with Gasteiger partial charge in [-0.1, -0.05) is 11.6 Å². The first-order valence-corrected chi connectivity index (χ1v) is 8.15. The highest BCUT2D eigenvalue weighted by molar-refractivity contribution is 9.10. The number of halogens is 4. The van der Waals surface area contributed by atoms with Crippen molar-refractivity contribution in [1.29, 1.82) is 0 Å². The molecule has 112 valence electrons. The fraction of sp³-hybridized carbons (Fsp3) is 0.0833. The summed E-state index contributed by atoms with van der Waals surface area (Å²) in [4.78, 5) is 3.08. The van der Waals surface area contributed by atoms with Crippen molar-refractivity contribution in [1.82, 2.24) is 4.98 Å². The SMILES string of the molecule is Cc1cnc(Cl)c(NS(=O)(=O)c2c(F)cc(F)cc2Br)c1. The number of nitrogens with zero attached hydrogens (tertiary/aromatic N) is 1. The van der Waals surface area contributed by atoms with Crippen LogP contribution in [0.2, 0.25) is 5.15 Å². The first-order chi connectivity index (χ1) is 9.70. The normalized spacial score (nSPS) is 11.5. The molecule has 0 fully saturated rings. The van der Waals surface area contributed by atoms with Gasteiger partial charge in [0.05, 0.1) is 5.69 Å². The zero-order valence-electron chi connectivity index (χ0n) is 10.5. The van der Waals surface area contributed by atoms with Crippen LogP contribution < -0.4 is 4.72 Å². The number of benzene rings is 1. The van der Waals surface area contributed by atoms with Crippen LogP contribution in [0.15, 0.2) is 33.8 Å². The number of aromatic nitrogens is 1. The maximum absolute atomic E-state index is 13.8. The predicted octanol–water partition coefficient (Wildman–Crippen LogP) is 3.88. The molecular weight excluding hydrogens is 390 g/mol. The smallest absolute Gasteiger partial charge is 0.266 e. The Labute approximate surface area is 133 Å². The molecule has 1 aromatic heterocycles. The number of hydrogen-bond donors (Lipinski definition) is 1. The fourth-order valence-electron chi connectivity index (χ4n) is 1.61. The third-order valence-corrected chi connectivity index (χ3v) is 5.08. The molecule has 0 unspecified atom stereocenters. The first-order valence-electron chi connectivity index (χ1n) is 5.50. The molecule has 1 heterocycles. The number of hydrogen-bond acceptors (Lipinski definition) is 3. The molecule has 4 nitrogen and oxygen atoms in total. The summed E-state index contributed by atoms with van der Waals surface area (Å²) >= 11 is 8.62. The second-order valence-electron chi connectivity index (χ2n) is 4.16. The average molecular weight is 398 g/mol. The zero-order valence-corrected chi connectivity index (χ0v) is 13.7. The first kappa shape index (κ1) is 16.1. The third-order valence-electron chi connectivity index (χ3n) is 2.45. The molecule has 1 aromatic carbocycles. The van der Waals surface area contributed by atoms with E-state index in [1.807, 2.05) is 0 Å². The van der Waals surface area contributed by atoms with Crippen LogP contribution in [0.4, 0.5) is 14.5 Å². The number of nitrogens with one attached hydrogen (secondary N) is 1. The van der Waals surface area contributed by atoms with Crippen LogP contribution in [0.25, 0.3) is 0 Å². The van der Waals surface area contributed by atoms with Crippen LogP contribution in [-0.2, 0) is 10.0 Å². The third kappa shape index (κ3) is 3.50. The molecule has 0 aliphatic heterocycles. The molecule has 2 aromatic rings. The van der Waals surface area contributed by atoms with Crippen LogP contribution in [0.5, 0.6) is 0 Å². The molecule has 0 aliphatic rings. The summed E-state index contributed by atoms with van der Waals surface area (Å²) in [6, 6.07) is 2.78. The lowest BCUT2D eigenvalue weighted by molar-refractivity contribution is 0.548. The quantitative estimate of drug-likeness (QED) is 0.800. The van der Waals surface area contributed by atoms with E-state index >= 15 is 0 Å². The Morgan fingerprint density at radius 3 is 2.57 bits per heavy atom. The Balaban J connectivity index is 2.51. The van der Waals surface area contributed by atoms with Crippen molar-refractivity contribution < 1.29 is 17.2 Å². The molecule has 9 heteroatoms. The van der Waals surface area contributed by atoms with Gasteiger partial charge in [0.25, 0.3) is 10.0 Å². The van der Waals surface area contributed by atoms with E-state index in [1.165, 1.54) is 12.3 Å². The van der Waals surface area contributed by atoms with Crippen molar-refractivity contribution in [3.63, 3.8) is 0 Å². The molecule has 0 spiro atoms. The average Bonchev–Trinajstić information content (AvgIpc) is 2.31. The van der Waals surface area contributed by atoms with Gasteiger partial charge in [0.2, 0.25) is 0 Å². The van der Waals surface area contributed by atoms with Gasteiger partial charge in [0, 0.05) is 16.7 Å². The zero-order chi connectivity index (χ0) is 15.8. The maximum atomic E-state index is 13.8. The highest BCUT2D eigenvalue weighted by Gasteiger charge is 2.24. The van der Waals surface area contributed by atoms with Crippen molar-refractivity contribution in [3.8, 4) is 0 Å². The Morgan fingerprint density at radius 1 is 1.29 bits per heavy atom. The summed E-state index contributed by atoms with van der Waals surface area (Å²) in [7, 11) is -4.29. The number of pyridine rings is 1. The van der Waals surface area contributed by atoms with Gasteiger partial charge < -0.3 is 0 Å². The Morgan fingerprint density at radius 2 is 1.95 bits per heavy atom. The van der Waals surface area contributed by atoms with E-state index in [4.69, 9.17) is 11.6 Å². The Hall–Kier alpha value is -1.25. The summed E-state index contributed by atoms with van der Waals surface area (Å²) in [6.45, 7) is 1.69. The van der Waals surface area contributed by atoms with Crippen molar-refractivity contribution in [2.24, 2.45) is 0 Å². The van der Waals surface area contributed by atoms with Crippen LogP contribution in [0, 0.1) is 18.6 Å². The molecule has 21 heavy (non-hydrogen) atoms. The Bertz CT molecular complexity index is 792. The summed E-state index contributed by atoms with van der Waals surface area (Å²) < 4.78 is 53.1. The highest BCUT2D eigenvalue weighted by atomic mass is 79.9. The van der Waals surface area contributed by atoms with Gasteiger partial charge in [-0.3, -0.25) is 4.72 Å². The molecule has 0 amide bonds. The van der Waals surface area contributed by atoms with E-state index < -0.39 is 26.6 Å². The summed E-state index contributed by atoms with van der Waals surface area (Å²) in [5.41, 5.74) is 0.669. The van der Waals surface area contributed by atoms with Gasteiger partial charge in [-0.05, 0) is 40.5 Å². The van der Waals surface area contributed by atoms with Gasteiger partial charge in [0.1, 0.15) is 16.5 Å². The fourth-order valence-corrected chi connectivity index (χ4v) is 4.04. The van der Waals surface area contributed by atoms with Crippen LogP contribution in [0.1, 0.15) is 5.56 Å². The van der Waals surface area contributed by atoms with Crippen molar-refractivity contribution in [2.45, 2.75) is 11.8 Å². The summed E-state index contributed by atoms with van der Waals surface area (Å²) in [6.07, 6.45) is 1.45. The molecule has 0 saturated heterocycles. The monoisotopic (exact) mass is 396 g/mol. The van der Waals surface area contributed by atoms with E-state index in [-0.39, 0.29) is 15.3 Å². The van der Waals surface area contributed by atoms with E-state index in [2.05, 4.69) is 25.6 Å². The van der Waals surface area contributed by atoms with E-state index in [9.17, 15) is 17.2 Å². The second kappa shape index (κ2) is 5.86. The highest BCUT2D eigenvalue weighted by Crippen LogP contribution is 2.29. The number of rotatable bonds is 3. The molecule has 0 atom stereocenters. The molecule has 1 N–H and O–H groups in total. The molecule has 0 saturated carbocycles. The minimum absolute atomic E-state index is 0.00675. The largest absolute Gasteiger partial charge is 0.276 e. The van der Waals surface area contributed by atoms with Crippen molar-refractivity contribution in [2.75, 3.05) is 4.72 Å². The molecular formula is C12H8BrClF2N2O2S. The van der Waals surface area contributed by atoms with E-state index in [0.29, 0.717) is 11.6 Å². The van der Waals surface area contributed by atoms with E-state index in [0.717, 1.165) is 6.07 Å². The number of sulfonamides is 1. The maximum Gasteiger partial charge on any atom is 0.266 e. The number of anilines is 1. The van der Waals surface area contributed by atoms with E-state index in [1.54, 1.807) is 6.92 Å². The minimum Gasteiger partial charge on any atom is -0.276 e. The van der Waals surface area contributed by atoms with Gasteiger partial charge in [-0.25, -0.2) is 22.2 Å². The van der Waals surface area contributed by atoms with Gasteiger partial charge in [-0.2, -0.15) is 0 Å². The standard InChI is InChI=1S/C12H8BrClF2N2O2S/c1-6-2-10(12(14)17-5-6)18-21(19,20)11-8(13)3-7(15)4-9(11)16/h2-5,18H,1H3. The summed E-state index contributed by atoms with van der Waals surface area (Å²) in [5.74, 6) is -2.11. The minimum atomic E-state index is -4.29. The van der Waals surface area contributed by atoms with Crippen LogP contribution >= 0.6 is 27.5 Å². The molecule has 0 bridgehead atoms. The lowest BCUT2D eigenvalue weighted by Crippen LogP contribution is -2.16. The topological polar surface area (TPSA) is 59.1 Å². The van der Waals surface area contributed by atoms with Crippen molar-refractivity contribution in [3.05, 3.63) is 51.2 Å². The lowest BCUT2D eigenvalue weighted by Gasteiger charge is -2.12. The Kier molecular flexibility index (Phi) is 4.50. The van der Waals surface area contributed by atoms with Gasteiger partial charge in [-0.15, -0.1) is 0 Å². The van der Waals surface area contributed by atoms with Crippen LogP contribution in [-0.4, -0.2) is 13.4 Å². The van der Waals surface area contributed by atoms with Crippen molar-refractivity contribution >= 4 is 43.2 Å². The van der Waals surface area contributed by atoms with Crippen LogP contribution in [0.3, 0.4) is 0 Å². The molecule has 0 aliphatic carbocycles. The second-order valence-corrected chi connectivity index (χ2v) is 6.99. The van der Waals surface area contributed by atoms with Gasteiger partial charge >= 0.3 is 0 Å². The lowest BCUT2D eigenvalue weighted by atomic mass is 10.3. The predicted molar refractivity (Wildman–Crippen MR) is 78.9 cm³/mol. The summed E-state index contributed by atoms with van der Waals surface area (Å²) in [5, 5.41) is -0.0807. The molecule has 2 rings (SSSR count).